The Morgan fingerprint density at radius 1 is 1.40 bits per heavy atom. The summed E-state index contributed by atoms with van der Waals surface area (Å²) < 4.78 is 0. The number of thioether (sulfide) groups is 1. The number of halogens is 1. The molecule has 0 radical (unpaired) electrons. The fraction of sp³-hybridized carbons (Fsp3) is 0.250. The predicted molar refractivity (Wildman–Crippen MR) is 66.9 cm³/mol. The second kappa shape index (κ2) is 5.85. The Morgan fingerprint density at radius 2 is 2.00 bits per heavy atom. The third-order valence-corrected chi connectivity index (χ3v) is 3.29. The van der Waals surface area contributed by atoms with Crippen molar-refractivity contribution in [3.05, 3.63) is 35.4 Å². The van der Waals surface area contributed by atoms with E-state index in [1.807, 2.05) is 37.4 Å². The summed E-state index contributed by atoms with van der Waals surface area (Å²) in [6, 6.07) is 10.0. The van der Waals surface area contributed by atoms with E-state index in [-0.39, 0.29) is 0 Å². The number of hydrogen-bond donors (Lipinski definition) is 0. The lowest BCUT2D eigenvalue weighted by molar-refractivity contribution is 1.16. The van der Waals surface area contributed by atoms with Crippen LogP contribution in [0.4, 0.5) is 0 Å². The first-order chi connectivity index (χ1) is 7.22. The van der Waals surface area contributed by atoms with Crippen molar-refractivity contribution in [2.24, 2.45) is 0 Å². The summed E-state index contributed by atoms with van der Waals surface area (Å²) in [5.41, 5.74) is 1.54. The molecule has 1 aromatic carbocycles. The molecule has 0 unspecified atom stereocenters. The van der Waals surface area contributed by atoms with Crippen LogP contribution < -0.4 is 0 Å². The van der Waals surface area contributed by atoms with E-state index in [2.05, 4.69) is 6.07 Å². The average Bonchev–Trinajstić information content (AvgIpc) is 2.30. The lowest BCUT2D eigenvalue weighted by Gasteiger charge is -2.03. The maximum atomic E-state index is 8.86. The Morgan fingerprint density at radius 3 is 2.40 bits per heavy atom. The molecule has 15 heavy (non-hydrogen) atoms. The maximum Gasteiger partial charge on any atom is 0.0962 e. The molecule has 0 bridgehead atoms. The molecule has 0 spiro atoms. The third-order valence-electron chi connectivity index (χ3n) is 2.10. The van der Waals surface area contributed by atoms with E-state index in [0.29, 0.717) is 17.0 Å². The van der Waals surface area contributed by atoms with Gasteiger partial charge in [-0.3, -0.25) is 0 Å². The summed E-state index contributed by atoms with van der Waals surface area (Å²) in [7, 11) is 0. The van der Waals surface area contributed by atoms with Gasteiger partial charge in [0.2, 0.25) is 0 Å². The van der Waals surface area contributed by atoms with Crippen molar-refractivity contribution in [2.75, 3.05) is 6.26 Å². The minimum absolute atomic E-state index is 0.563. The highest BCUT2D eigenvalue weighted by Gasteiger charge is 2.04. The van der Waals surface area contributed by atoms with Gasteiger partial charge in [0.25, 0.3) is 0 Å². The molecule has 0 N–H and O–H groups in total. The summed E-state index contributed by atoms with van der Waals surface area (Å²) in [5, 5.41) is 9.42. The Balaban J connectivity index is 3.07. The van der Waals surface area contributed by atoms with Crippen LogP contribution in [0.25, 0.3) is 5.03 Å². The molecule has 0 aliphatic carbocycles. The molecule has 78 valence electrons. The van der Waals surface area contributed by atoms with E-state index in [4.69, 9.17) is 16.9 Å². The lowest BCUT2D eigenvalue weighted by Crippen LogP contribution is -1.83. The molecular weight excluding hydrogens is 226 g/mol. The van der Waals surface area contributed by atoms with Gasteiger partial charge in [0.05, 0.1) is 11.1 Å². The first-order valence-electron chi connectivity index (χ1n) is 4.66. The topological polar surface area (TPSA) is 23.8 Å². The molecule has 0 aliphatic heterocycles. The molecule has 0 atom stereocenters. The van der Waals surface area contributed by atoms with Gasteiger partial charge in [-0.1, -0.05) is 30.7 Å². The van der Waals surface area contributed by atoms with Crippen molar-refractivity contribution in [1.29, 1.82) is 5.26 Å². The van der Waals surface area contributed by atoms with Crippen molar-refractivity contribution in [3.8, 4) is 6.07 Å². The highest BCUT2D eigenvalue weighted by molar-refractivity contribution is 7.98. The average molecular weight is 238 g/mol. The predicted octanol–water partition coefficient (Wildman–Crippen LogP) is 4.29. The van der Waals surface area contributed by atoms with Gasteiger partial charge in [-0.2, -0.15) is 5.26 Å². The highest BCUT2D eigenvalue weighted by atomic mass is 35.5. The van der Waals surface area contributed by atoms with Crippen LogP contribution in [0.1, 0.15) is 18.9 Å². The quantitative estimate of drug-likeness (QED) is 0.578. The molecule has 1 rings (SSSR count). The van der Waals surface area contributed by atoms with E-state index < -0.39 is 0 Å². The minimum Gasteiger partial charge on any atom is -0.193 e. The minimum atomic E-state index is 0.563. The van der Waals surface area contributed by atoms with Gasteiger partial charge >= 0.3 is 0 Å². The van der Waals surface area contributed by atoms with Crippen LogP contribution in [0.5, 0.6) is 0 Å². The number of nitrogens with zero attached hydrogens (tertiary/aromatic N) is 1. The Kier molecular flexibility index (Phi) is 4.74. The first-order valence-corrected chi connectivity index (χ1v) is 6.26. The smallest absolute Gasteiger partial charge is 0.0962 e. The van der Waals surface area contributed by atoms with Gasteiger partial charge in [-0.25, -0.2) is 0 Å². The summed E-state index contributed by atoms with van der Waals surface area (Å²) in [5.74, 6) is 0. The monoisotopic (exact) mass is 237 g/mol. The summed E-state index contributed by atoms with van der Waals surface area (Å²) >= 11 is 7.80. The zero-order valence-corrected chi connectivity index (χ0v) is 10.3. The highest BCUT2D eigenvalue weighted by Crippen LogP contribution is 2.26. The summed E-state index contributed by atoms with van der Waals surface area (Å²) in [6.07, 6.45) is 2.69. The van der Waals surface area contributed by atoms with Gasteiger partial charge in [-0.05, 0) is 30.4 Å². The van der Waals surface area contributed by atoms with E-state index >= 15 is 0 Å². The second-order valence-corrected chi connectivity index (χ2v) is 4.24. The number of rotatable bonds is 3. The lowest BCUT2D eigenvalue weighted by atomic mass is 10.1. The van der Waals surface area contributed by atoms with Crippen LogP contribution in [0.2, 0.25) is 0 Å². The molecule has 0 saturated carbocycles. The van der Waals surface area contributed by atoms with E-state index in [9.17, 15) is 0 Å². The van der Waals surface area contributed by atoms with Crippen LogP contribution in [0, 0.1) is 11.3 Å². The molecule has 0 aliphatic rings. The number of hydrogen-bond acceptors (Lipinski definition) is 2. The van der Waals surface area contributed by atoms with Crippen LogP contribution in [-0.2, 0) is 0 Å². The van der Waals surface area contributed by atoms with Gasteiger partial charge in [0.1, 0.15) is 0 Å². The van der Waals surface area contributed by atoms with Gasteiger partial charge in [0.15, 0.2) is 0 Å². The molecule has 0 aromatic heterocycles. The Bertz CT molecular complexity index is 401. The fourth-order valence-corrected chi connectivity index (χ4v) is 1.91. The normalized spacial score (nSPS) is 11.9. The van der Waals surface area contributed by atoms with Crippen molar-refractivity contribution >= 4 is 28.4 Å². The number of benzene rings is 1. The summed E-state index contributed by atoms with van der Waals surface area (Å²) in [4.78, 5) is 1.19. The molecule has 1 aromatic rings. The SMILES string of the molecule is CCC(C#N)=C(Cl)c1ccc(SC)cc1. The first kappa shape index (κ1) is 12.2. The van der Waals surface area contributed by atoms with E-state index in [1.54, 1.807) is 11.8 Å². The third kappa shape index (κ3) is 3.02. The molecule has 0 amide bonds. The molecule has 3 heteroatoms. The van der Waals surface area contributed by atoms with Crippen LogP contribution >= 0.6 is 23.4 Å². The van der Waals surface area contributed by atoms with Crippen LogP contribution in [0.3, 0.4) is 0 Å². The summed E-state index contributed by atoms with van der Waals surface area (Å²) in [6.45, 7) is 1.93. The zero-order chi connectivity index (χ0) is 11.3. The van der Waals surface area contributed by atoms with Crippen LogP contribution in [0.15, 0.2) is 34.7 Å². The second-order valence-electron chi connectivity index (χ2n) is 2.99. The molecule has 0 fully saturated rings. The van der Waals surface area contributed by atoms with E-state index in [0.717, 1.165) is 5.56 Å². The zero-order valence-electron chi connectivity index (χ0n) is 8.75. The van der Waals surface area contributed by atoms with Crippen molar-refractivity contribution < 1.29 is 0 Å². The van der Waals surface area contributed by atoms with Crippen molar-refractivity contribution in [3.63, 3.8) is 0 Å². The maximum absolute atomic E-state index is 8.86. The van der Waals surface area contributed by atoms with Crippen molar-refractivity contribution in [1.82, 2.24) is 0 Å². The largest absolute Gasteiger partial charge is 0.193 e. The number of nitriles is 1. The fourth-order valence-electron chi connectivity index (χ4n) is 1.19. The Hall–Kier alpha value is -0.910. The van der Waals surface area contributed by atoms with Crippen LogP contribution in [-0.4, -0.2) is 6.26 Å². The number of allylic oxidation sites excluding steroid dienone is 1. The van der Waals surface area contributed by atoms with Gasteiger partial charge in [-0.15, -0.1) is 11.8 Å². The molecule has 0 heterocycles. The van der Waals surface area contributed by atoms with Gasteiger partial charge in [0, 0.05) is 10.5 Å². The molecule has 1 nitrogen and oxygen atoms in total. The van der Waals surface area contributed by atoms with Crippen molar-refractivity contribution in [2.45, 2.75) is 18.2 Å². The Labute approximate surface area is 99.8 Å². The molecule has 0 saturated heterocycles. The van der Waals surface area contributed by atoms with E-state index in [1.165, 1.54) is 4.90 Å². The molecular formula is C12H12ClNS. The standard InChI is InChI=1S/C12H12ClNS/c1-3-9(8-14)12(13)10-4-6-11(15-2)7-5-10/h4-7H,3H2,1-2H3. The van der Waals surface area contributed by atoms with Gasteiger partial charge < -0.3 is 0 Å².